The maximum atomic E-state index is 7.00. The number of rotatable bonds is 7. The van der Waals surface area contributed by atoms with Crippen molar-refractivity contribution in [2.75, 3.05) is 4.90 Å². The normalized spacial score (nSPS) is 13.8. The lowest BCUT2D eigenvalue weighted by Gasteiger charge is -2.49. The fraction of sp³-hybridized carbons (Fsp3) is 0.0137. The molecule has 356 valence electrons. The van der Waals surface area contributed by atoms with E-state index in [0.29, 0.717) is 0 Å². The van der Waals surface area contributed by atoms with Crippen LogP contribution in [-0.2, 0) is 5.41 Å². The average Bonchev–Trinajstić information content (AvgIpc) is 3.98. The number of hydrogen-bond acceptors (Lipinski definition) is 2. The molecule has 0 bridgehead atoms. The van der Waals surface area contributed by atoms with E-state index in [4.69, 9.17) is 4.74 Å². The Balaban J connectivity index is 1.05. The predicted octanol–water partition coefficient (Wildman–Crippen LogP) is 16.0. The maximum absolute atomic E-state index is 7.00. The Morgan fingerprint density at radius 3 is 1.17 bits per heavy atom. The topological polar surface area (TPSA) is 12.5 Å². The molecule has 0 unspecified atom stereocenters. The zero-order valence-corrected chi connectivity index (χ0v) is 42.6. The van der Waals surface area contributed by atoms with Crippen LogP contribution in [0.1, 0.15) is 22.3 Å². The van der Waals surface area contributed by atoms with Gasteiger partial charge in [-0.25, -0.2) is 0 Å². The first-order chi connectivity index (χ1) is 37.7. The minimum absolute atomic E-state index is 0.811. The third kappa shape index (κ3) is 6.46. The first kappa shape index (κ1) is 44.0. The second-order valence-corrected chi connectivity index (χ2v) is 24.0. The molecule has 0 N–H and O–H groups in total. The monoisotopic (exact) mass is 983 g/mol. The molecule has 12 aromatic carbocycles. The summed E-state index contributed by atoms with van der Waals surface area (Å²) in [6.07, 6.45) is 0. The van der Waals surface area contributed by atoms with Gasteiger partial charge in [0.25, 0.3) is 0 Å². The number of nitrogens with zero attached hydrogens (tertiary/aromatic N) is 1. The van der Waals surface area contributed by atoms with Crippen LogP contribution in [0.2, 0.25) is 0 Å². The number of para-hydroxylation sites is 2. The number of benzene rings is 12. The SMILES string of the molecule is c1ccc(-c2ccccc2-c2ccc3c(c2)C2(c4ccccc4Oc4ccccc42)c2cc(-c4ccccc4-c4ccccc4)ccc2N3c2ccc3c(c2)-c2ccccc2[Si]3(c2ccccc2)c2ccccc2)cc1. The van der Waals surface area contributed by atoms with Gasteiger partial charge in [0.1, 0.15) is 11.5 Å². The predicted molar refractivity (Wildman–Crippen MR) is 317 cm³/mol. The summed E-state index contributed by atoms with van der Waals surface area (Å²) in [5.41, 5.74) is 19.2. The van der Waals surface area contributed by atoms with Crippen molar-refractivity contribution in [1.82, 2.24) is 0 Å². The fourth-order valence-corrected chi connectivity index (χ4v) is 18.5. The molecule has 3 aliphatic rings. The van der Waals surface area contributed by atoms with E-state index in [2.05, 4.69) is 302 Å². The molecule has 3 heterocycles. The van der Waals surface area contributed by atoms with Crippen LogP contribution in [0.15, 0.2) is 297 Å². The Kier molecular flexibility index (Phi) is 10.2. The average molecular weight is 984 g/mol. The molecule has 0 aliphatic carbocycles. The van der Waals surface area contributed by atoms with Crippen LogP contribution in [-0.4, -0.2) is 8.07 Å². The number of hydrogen-bond donors (Lipinski definition) is 0. The Morgan fingerprint density at radius 1 is 0.276 bits per heavy atom. The summed E-state index contributed by atoms with van der Waals surface area (Å²) in [6, 6.07) is 110. The van der Waals surface area contributed by atoms with Gasteiger partial charge in [0.2, 0.25) is 0 Å². The highest BCUT2D eigenvalue weighted by Crippen LogP contribution is 2.64. The molecular formula is C73H49NOSi. The summed E-state index contributed by atoms with van der Waals surface area (Å²) < 4.78 is 7.00. The Hall–Kier alpha value is -9.54. The van der Waals surface area contributed by atoms with E-state index in [1.807, 2.05) is 0 Å². The van der Waals surface area contributed by atoms with Gasteiger partial charge in [0, 0.05) is 16.8 Å². The summed E-state index contributed by atoms with van der Waals surface area (Å²) in [5.74, 6) is 1.71. The van der Waals surface area contributed by atoms with Crippen LogP contribution >= 0.6 is 0 Å². The molecular weight excluding hydrogens is 935 g/mol. The number of fused-ring (bicyclic) bond motifs is 11. The molecule has 0 amide bonds. The first-order valence-corrected chi connectivity index (χ1v) is 28.3. The van der Waals surface area contributed by atoms with Crippen LogP contribution in [0.5, 0.6) is 11.5 Å². The molecule has 0 fully saturated rings. The van der Waals surface area contributed by atoms with Gasteiger partial charge in [-0.15, -0.1) is 0 Å². The Morgan fingerprint density at radius 2 is 0.671 bits per heavy atom. The highest BCUT2D eigenvalue weighted by atomic mass is 28.3. The van der Waals surface area contributed by atoms with E-state index in [1.165, 1.54) is 76.4 Å². The summed E-state index contributed by atoms with van der Waals surface area (Å²) in [5, 5.41) is 5.62. The van der Waals surface area contributed by atoms with Gasteiger partial charge in [0.05, 0.1) is 16.8 Å². The van der Waals surface area contributed by atoms with E-state index in [-0.39, 0.29) is 0 Å². The molecule has 3 heteroatoms. The van der Waals surface area contributed by atoms with Gasteiger partial charge >= 0.3 is 0 Å². The Labute approximate surface area is 445 Å². The van der Waals surface area contributed by atoms with E-state index in [1.54, 1.807) is 0 Å². The van der Waals surface area contributed by atoms with Crippen molar-refractivity contribution in [2.24, 2.45) is 0 Å². The van der Waals surface area contributed by atoms with Crippen LogP contribution < -0.4 is 30.4 Å². The van der Waals surface area contributed by atoms with Crippen molar-refractivity contribution in [3.05, 3.63) is 320 Å². The minimum atomic E-state index is -2.74. The molecule has 1 spiro atoms. The van der Waals surface area contributed by atoms with Crippen LogP contribution in [0.25, 0.3) is 55.6 Å². The van der Waals surface area contributed by atoms with Crippen LogP contribution in [0.3, 0.4) is 0 Å². The lowest BCUT2D eigenvalue weighted by molar-refractivity contribution is 0.434. The van der Waals surface area contributed by atoms with E-state index < -0.39 is 13.5 Å². The lowest BCUT2D eigenvalue weighted by atomic mass is 9.60. The fourth-order valence-electron chi connectivity index (χ4n) is 13.3. The molecule has 76 heavy (non-hydrogen) atoms. The zero-order chi connectivity index (χ0) is 50.2. The second kappa shape index (κ2) is 17.6. The third-order valence-electron chi connectivity index (χ3n) is 16.4. The van der Waals surface area contributed by atoms with Gasteiger partial charge in [-0.3, -0.25) is 0 Å². The van der Waals surface area contributed by atoms with E-state index in [9.17, 15) is 0 Å². The molecule has 3 aliphatic heterocycles. The van der Waals surface area contributed by atoms with Crippen LogP contribution in [0.4, 0.5) is 17.1 Å². The second-order valence-electron chi connectivity index (χ2n) is 20.2. The first-order valence-electron chi connectivity index (χ1n) is 26.3. The minimum Gasteiger partial charge on any atom is -0.457 e. The quantitative estimate of drug-likeness (QED) is 0.148. The highest BCUT2D eigenvalue weighted by molar-refractivity contribution is 7.22. The van der Waals surface area contributed by atoms with Crippen LogP contribution in [0, 0.1) is 0 Å². The standard InChI is InChI=1S/C73H49NOSi/c1-5-23-50(24-6-1)57-31-13-15-33-59(57)52-41-44-67-65(47-52)73(63-36-18-20-38-69(63)75-70-39-21-19-37-64(70)73)66-48-53(60-34-16-14-32-58(60)51-25-7-2-8-26-51)42-45-68(66)74(67)54-43-46-72-62(49-54)61-35-17-22-40-71(61)76(72,55-27-9-3-10-28-55)56-29-11-4-12-30-56/h1-49H. The summed E-state index contributed by atoms with van der Waals surface area (Å²) in [6.45, 7) is 0. The van der Waals surface area contributed by atoms with Crippen molar-refractivity contribution in [3.8, 4) is 67.1 Å². The summed E-state index contributed by atoms with van der Waals surface area (Å²) >= 11 is 0. The molecule has 12 aromatic rings. The molecule has 2 nitrogen and oxygen atoms in total. The molecule has 0 saturated carbocycles. The van der Waals surface area contributed by atoms with Crippen molar-refractivity contribution in [1.29, 1.82) is 0 Å². The highest BCUT2D eigenvalue weighted by Gasteiger charge is 2.53. The van der Waals surface area contributed by atoms with Gasteiger partial charge in [-0.2, -0.15) is 0 Å². The van der Waals surface area contributed by atoms with Crippen molar-refractivity contribution >= 4 is 45.9 Å². The third-order valence-corrected chi connectivity index (χ3v) is 21.3. The Bertz CT molecular complexity index is 3990. The van der Waals surface area contributed by atoms with Crippen molar-refractivity contribution < 1.29 is 4.74 Å². The summed E-state index contributed by atoms with van der Waals surface area (Å²) in [7, 11) is -2.74. The molecule has 0 aromatic heterocycles. The van der Waals surface area contributed by atoms with Gasteiger partial charge in [-0.05, 0) is 136 Å². The zero-order valence-electron chi connectivity index (χ0n) is 41.6. The number of anilines is 3. The maximum Gasteiger partial charge on any atom is 0.180 e. The summed E-state index contributed by atoms with van der Waals surface area (Å²) in [4.78, 5) is 2.56. The van der Waals surface area contributed by atoms with Gasteiger partial charge < -0.3 is 9.64 Å². The molecule has 0 atom stereocenters. The van der Waals surface area contributed by atoms with E-state index in [0.717, 1.165) is 50.8 Å². The van der Waals surface area contributed by atoms with Crippen molar-refractivity contribution in [2.45, 2.75) is 5.41 Å². The van der Waals surface area contributed by atoms with Gasteiger partial charge in [-0.1, -0.05) is 249 Å². The molecule has 0 radical (unpaired) electrons. The smallest absolute Gasteiger partial charge is 0.180 e. The molecule has 15 rings (SSSR count). The molecule has 0 saturated heterocycles. The largest absolute Gasteiger partial charge is 0.457 e. The number of ether oxygens (including phenoxy) is 1. The van der Waals surface area contributed by atoms with E-state index >= 15 is 0 Å². The van der Waals surface area contributed by atoms with Gasteiger partial charge in [0.15, 0.2) is 8.07 Å². The lowest BCUT2D eigenvalue weighted by Crippen LogP contribution is -2.72. The van der Waals surface area contributed by atoms with Crippen molar-refractivity contribution in [3.63, 3.8) is 0 Å².